The highest BCUT2D eigenvalue weighted by Gasteiger charge is 2.31. The number of benzene rings is 2. The number of amides is 1. The summed E-state index contributed by atoms with van der Waals surface area (Å²) in [6.07, 6.45) is 2.70. The third kappa shape index (κ3) is 6.06. The normalized spacial score (nSPS) is 17.2. The molecule has 1 N–H and O–H groups in total. The van der Waals surface area contributed by atoms with E-state index in [-0.39, 0.29) is 23.0 Å². The molecule has 1 aliphatic heterocycles. The number of rotatable bonds is 7. The molecular formula is C22H25ClN2O5S. The van der Waals surface area contributed by atoms with Crippen molar-refractivity contribution in [2.75, 3.05) is 13.2 Å². The summed E-state index contributed by atoms with van der Waals surface area (Å²) in [5.41, 5.74) is 1.04. The Kier molecular flexibility index (Phi) is 7.69. The number of carbonyl (C=O) groups excluding carboxylic acids is 2. The average molecular weight is 465 g/mol. The number of halogens is 1. The van der Waals surface area contributed by atoms with Crippen molar-refractivity contribution in [2.24, 2.45) is 0 Å². The number of hydrogen-bond donors (Lipinski definition) is 1. The van der Waals surface area contributed by atoms with E-state index in [0.29, 0.717) is 11.6 Å². The lowest BCUT2D eigenvalue weighted by Gasteiger charge is -2.32. The van der Waals surface area contributed by atoms with Crippen molar-refractivity contribution in [3.8, 4) is 0 Å². The van der Waals surface area contributed by atoms with Gasteiger partial charge >= 0.3 is 5.97 Å². The highest BCUT2D eigenvalue weighted by atomic mass is 35.5. The molecule has 0 aliphatic carbocycles. The van der Waals surface area contributed by atoms with Crippen molar-refractivity contribution < 1.29 is 22.7 Å². The lowest BCUT2D eigenvalue weighted by atomic mass is 10.1. The van der Waals surface area contributed by atoms with Crippen LogP contribution in [-0.4, -0.2) is 43.8 Å². The minimum atomic E-state index is -3.61. The predicted molar refractivity (Wildman–Crippen MR) is 117 cm³/mol. The fourth-order valence-corrected chi connectivity index (χ4v) is 5.22. The zero-order chi connectivity index (χ0) is 22.4. The van der Waals surface area contributed by atoms with Gasteiger partial charge in [-0.3, -0.25) is 4.79 Å². The molecule has 0 radical (unpaired) electrons. The number of carbonyl (C=O) groups is 2. The standard InChI is InChI=1S/C22H25ClN2O5S/c1-16-4-2-3-13-25(16)31(28,29)20-11-7-18(8-12-20)22(27)30-15-21(26)24-14-17-5-9-19(23)10-6-17/h5-12,16H,2-4,13-15H2,1H3,(H,24,26). The van der Waals surface area contributed by atoms with Crippen LogP contribution in [0.25, 0.3) is 0 Å². The highest BCUT2D eigenvalue weighted by Crippen LogP contribution is 2.25. The second-order valence-electron chi connectivity index (χ2n) is 7.46. The molecule has 3 rings (SSSR count). The lowest BCUT2D eigenvalue weighted by Crippen LogP contribution is -2.41. The van der Waals surface area contributed by atoms with Crippen LogP contribution in [0.15, 0.2) is 53.4 Å². The molecule has 0 saturated carbocycles. The molecule has 1 saturated heterocycles. The number of nitrogens with one attached hydrogen (secondary N) is 1. The fourth-order valence-electron chi connectivity index (χ4n) is 3.40. The molecule has 7 nitrogen and oxygen atoms in total. The first kappa shape index (κ1) is 23.2. The van der Waals surface area contributed by atoms with Crippen molar-refractivity contribution in [3.63, 3.8) is 0 Å². The Morgan fingerprint density at radius 2 is 1.77 bits per heavy atom. The van der Waals surface area contributed by atoms with Crippen LogP contribution in [0.2, 0.25) is 5.02 Å². The van der Waals surface area contributed by atoms with Gasteiger partial charge in [-0.25, -0.2) is 13.2 Å². The molecule has 9 heteroatoms. The van der Waals surface area contributed by atoms with Crippen LogP contribution >= 0.6 is 11.6 Å². The maximum absolute atomic E-state index is 12.9. The van der Waals surface area contributed by atoms with E-state index in [1.54, 1.807) is 24.3 Å². The molecule has 1 heterocycles. The van der Waals surface area contributed by atoms with Gasteiger partial charge in [-0.15, -0.1) is 0 Å². The first-order chi connectivity index (χ1) is 14.8. The van der Waals surface area contributed by atoms with Crippen LogP contribution in [0.1, 0.15) is 42.1 Å². The summed E-state index contributed by atoms with van der Waals surface area (Å²) in [5, 5.41) is 3.26. The molecule has 166 valence electrons. The van der Waals surface area contributed by atoms with E-state index in [9.17, 15) is 18.0 Å². The number of hydrogen-bond acceptors (Lipinski definition) is 5. The second-order valence-corrected chi connectivity index (χ2v) is 9.79. The van der Waals surface area contributed by atoms with Crippen LogP contribution in [0.4, 0.5) is 0 Å². The number of ether oxygens (including phenoxy) is 1. The first-order valence-electron chi connectivity index (χ1n) is 10.1. The summed E-state index contributed by atoms with van der Waals surface area (Å²) in [6.45, 7) is 2.26. The summed E-state index contributed by atoms with van der Waals surface area (Å²) in [7, 11) is -3.61. The van der Waals surface area contributed by atoms with Gasteiger partial charge in [-0.1, -0.05) is 30.2 Å². The highest BCUT2D eigenvalue weighted by molar-refractivity contribution is 7.89. The summed E-state index contributed by atoms with van der Waals surface area (Å²) < 4.78 is 32.2. The van der Waals surface area contributed by atoms with Crippen LogP contribution in [0.3, 0.4) is 0 Å². The van der Waals surface area contributed by atoms with E-state index in [2.05, 4.69) is 5.32 Å². The molecule has 1 unspecified atom stereocenters. The van der Waals surface area contributed by atoms with Crippen molar-refractivity contribution in [3.05, 3.63) is 64.7 Å². The number of piperidine rings is 1. The summed E-state index contributed by atoms with van der Waals surface area (Å²) in [5.74, 6) is -1.14. The monoisotopic (exact) mass is 464 g/mol. The van der Waals surface area contributed by atoms with Crippen molar-refractivity contribution in [1.29, 1.82) is 0 Å². The SMILES string of the molecule is CC1CCCCN1S(=O)(=O)c1ccc(C(=O)OCC(=O)NCc2ccc(Cl)cc2)cc1. The zero-order valence-corrected chi connectivity index (χ0v) is 18.8. The van der Waals surface area contributed by atoms with Gasteiger partial charge < -0.3 is 10.1 Å². The maximum atomic E-state index is 12.9. The van der Waals surface area contributed by atoms with Crippen molar-refractivity contribution in [1.82, 2.24) is 9.62 Å². The Morgan fingerprint density at radius 1 is 1.10 bits per heavy atom. The number of esters is 1. The minimum absolute atomic E-state index is 0.0465. The Morgan fingerprint density at radius 3 is 2.42 bits per heavy atom. The molecule has 2 aromatic rings. The smallest absolute Gasteiger partial charge is 0.338 e. The predicted octanol–water partition coefficient (Wildman–Crippen LogP) is 3.38. The summed E-state index contributed by atoms with van der Waals surface area (Å²) >= 11 is 5.82. The zero-order valence-electron chi connectivity index (χ0n) is 17.2. The number of nitrogens with zero attached hydrogens (tertiary/aromatic N) is 1. The number of sulfonamides is 1. The van der Waals surface area contributed by atoms with Gasteiger partial charge in [-0.2, -0.15) is 4.31 Å². The largest absolute Gasteiger partial charge is 0.452 e. The van der Waals surface area contributed by atoms with Crippen LogP contribution in [-0.2, 0) is 26.1 Å². The maximum Gasteiger partial charge on any atom is 0.338 e. The van der Waals surface area contributed by atoms with E-state index in [1.165, 1.54) is 28.6 Å². The van der Waals surface area contributed by atoms with Gasteiger partial charge in [0.1, 0.15) is 0 Å². The molecule has 1 amide bonds. The summed E-state index contributed by atoms with van der Waals surface area (Å²) in [4.78, 5) is 24.2. The van der Waals surface area contributed by atoms with Crippen LogP contribution < -0.4 is 5.32 Å². The van der Waals surface area contributed by atoms with E-state index in [4.69, 9.17) is 16.3 Å². The van der Waals surface area contributed by atoms with E-state index in [1.807, 2.05) is 6.92 Å². The molecule has 0 bridgehead atoms. The van der Waals surface area contributed by atoms with Crippen LogP contribution in [0, 0.1) is 0 Å². The van der Waals surface area contributed by atoms with Gasteiger partial charge in [0.15, 0.2) is 6.61 Å². The van der Waals surface area contributed by atoms with Gasteiger partial charge in [0.05, 0.1) is 10.5 Å². The van der Waals surface area contributed by atoms with E-state index < -0.39 is 28.5 Å². The molecule has 31 heavy (non-hydrogen) atoms. The third-order valence-corrected chi connectivity index (χ3v) is 7.46. The lowest BCUT2D eigenvalue weighted by molar-refractivity contribution is -0.124. The molecular weight excluding hydrogens is 440 g/mol. The molecule has 2 aromatic carbocycles. The Hall–Kier alpha value is -2.42. The molecule has 1 fully saturated rings. The molecule has 0 aromatic heterocycles. The van der Waals surface area contributed by atoms with Gasteiger partial charge in [-0.05, 0) is 61.7 Å². The van der Waals surface area contributed by atoms with Crippen molar-refractivity contribution in [2.45, 2.75) is 43.7 Å². The molecule has 0 spiro atoms. The van der Waals surface area contributed by atoms with Crippen LogP contribution in [0.5, 0.6) is 0 Å². The van der Waals surface area contributed by atoms with Gasteiger partial charge in [0, 0.05) is 24.2 Å². The van der Waals surface area contributed by atoms with Crippen molar-refractivity contribution >= 4 is 33.5 Å². The minimum Gasteiger partial charge on any atom is -0.452 e. The quantitative estimate of drug-likeness (QED) is 0.634. The fraction of sp³-hybridized carbons (Fsp3) is 0.364. The van der Waals surface area contributed by atoms with Gasteiger partial charge in [0.25, 0.3) is 5.91 Å². The Bertz CT molecular complexity index is 1020. The Balaban J connectivity index is 1.52. The molecule has 1 aliphatic rings. The van der Waals surface area contributed by atoms with Gasteiger partial charge in [0.2, 0.25) is 10.0 Å². The van der Waals surface area contributed by atoms with E-state index >= 15 is 0 Å². The topological polar surface area (TPSA) is 92.8 Å². The first-order valence-corrected chi connectivity index (χ1v) is 11.9. The average Bonchev–Trinajstić information content (AvgIpc) is 2.77. The van der Waals surface area contributed by atoms with E-state index in [0.717, 1.165) is 24.8 Å². The second kappa shape index (κ2) is 10.3. The molecule has 1 atom stereocenters. The summed E-state index contributed by atoms with van der Waals surface area (Å²) in [6, 6.07) is 12.6. The Labute approximate surface area is 187 Å². The third-order valence-electron chi connectivity index (χ3n) is 5.18.